The average molecular weight is 355 g/mol. The molecule has 4 unspecified atom stereocenters. The fourth-order valence-corrected chi connectivity index (χ4v) is 5.27. The van der Waals surface area contributed by atoms with Gasteiger partial charge in [0.05, 0.1) is 6.10 Å². The van der Waals surface area contributed by atoms with Crippen molar-refractivity contribution in [2.45, 2.75) is 62.3 Å². The van der Waals surface area contributed by atoms with Crippen molar-refractivity contribution >= 4 is 11.6 Å². The maximum Gasteiger partial charge on any atom is 0.0795 e. The molecule has 0 aliphatic heterocycles. The predicted molar refractivity (Wildman–Crippen MR) is 104 cm³/mol. The molecule has 4 atom stereocenters. The SMILES string of the molecule is OC1CCc2cc(C3CCC(Cl)C3CCCc3ccccc3)ccc21. The van der Waals surface area contributed by atoms with Gasteiger partial charge in [-0.2, -0.15) is 0 Å². The van der Waals surface area contributed by atoms with Crippen molar-refractivity contribution in [3.05, 3.63) is 70.8 Å². The number of hydrogen-bond acceptors (Lipinski definition) is 1. The Labute approximate surface area is 156 Å². The van der Waals surface area contributed by atoms with Gasteiger partial charge in [-0.25, -0.2) is 0 Å². The maximum atomic E-state index is 10.0. The first-order valence-electron chi connectivity index (χ1n) is 9.71. The van der Waals surface area contributed by atoms with Crippen molar-refractivity contribution in [1.82, 2.24) is 0 Å². The number of hydrogen-bond donors (Lipinski definition) is 1. The number of aliphatic hydroxyl groups excluding tert-OH is 1. The molecule has 132 valence electrons. The Hall–Kier alpha value is -1.31. The molecule has 2 aliphatic rings. The molecule has 0 saturated heterocycles. The van der Waals surface area contributed by atoms with Gasteiger partial charge in [0.2, 0.25) is 0 Å². The molecule has 0 heterocycles. The number of halogens is 1. The summed E-state index contributed by atoms with van der Waals surface area (Å²) in [5.74, 6) is 1.16. The normalized spacial score (nSPS) is 28.2. The lowest BCUT2D eigenvalue weighted by Gasteiger charge is -2.23. The van der Waals surface area contributed by atoms with E-state index in [-0.39, 0.29) is 6.10 Å². The van der Waals surface area contributed by atoms with Gasteiger partial charge < -0.3 is 5.11 Å². The van der Waals surface area contributed by atoms with Crippen molar-refractivity contribution in [2.75, 3.05) is 0 Å². The van der Waals surface area contributed by atoms with Crippen molar-refractivity contribution < 1.29 is 5.11 Å². The van der Waals surface area contributed by atoms with Crippen LogP contribution in [0, 0.1) is 5.92 Å². The van der Waals surface area contributed by atoms with E-state index in [1.165, 1.54) is 36.0 Å². The van der Waals surface area contributed by atoms with E-state index < -0.39 is 0 Å². The second-order valence-corrected chi connectivity index (χ2v) is 8.31. The molecule has 1 N–H and O–H groups in total. The number of benzene rings is 2. The zero-order chi connectivity index (χ0) is 17.2. The van der Waals surface area contributed by atoms with E-state index in [1.54, 1.807) is 0 Å². The van der Waals surface area contributed by atoms with E-state index in [0.717, 1.165) is 31.2 Å². The zero-order valence-electron chi connectivity index (χ0n) is 14.7. The molecule has 0 amide bonds. The van der Waals surface area contributed by atoms with Crippen molar-refractivity contribution in [3.63, 3.8) is 0 Å². The van der Waals surface area contributed by atoms with Crippen LogP contribution >= 0.6 is 11.6 Å². The van der Waals surface area contributed by atoms with Crippen LogP contribution in [0.5, 0.6) is 0 Å². The quantitative estimate of drug-likeness (QED) is 0.674. The summed E-state index contributed by atoms with van der Waals surface area (Å²) in [7, 11) is 0. The monoisotopic (exact) mass is 354 g/mol. The standard InChI is InChI=1S/C23H27ClO/c24-22-13-12-19(17-9-11-20-18(15-17)10-14-23(20)25)21(22)8-4-7-16-5-2-1-3-6-16/h1-3,5-6,9,11,15,19,21-23,25H,4,7-8,10,12-14H2. The van der Waals surface area contributed by atoms with E-state index >= 15 is 0 Å². The molecule has 4 rings (SSSR count). The van der Waals surface area contributed by atoms with Crippen molar-refractivity contribution in [1.29, 1.82) is 0 Å². The number of aryl methyl sites for hydroxylation is 2. The number of aliphatic hydroxyl groups is 1. The molecule has 2 aromatic rings. The van der Waals surface area contributed by atoms with Crippen LogP contribution in [0.15, 0.2) is 48.5 Å². The third-order valence-corrected chi connectivity index (χ3v) is 6.76. The Balaban J connectivity index is 1.44. The van der Waals surface area contributed by atoms with Crippen LogP contribution in [-0.2, 0) is 12.8 Å². The Morgan fingerprint density at radius 1 is 1.00 bits per heavy atom. The Kier molecular flexibility index (Phi) is 5.15. The molecule has 25 heavy (non-hydrogen) atoms. The summed E-state index contributed by atoms with van der Waals surface area (Å²) in [6.07, 6.45) is 7.51. The van der Waals surface area contributed by atoms with Crippen molar-refractivity contribution in [3.8, 4) is 0 Å². The number of alkyl halides is 1. The molecule has 1 fully saturated rings. The smallest absolute Gasteiger partial charge is 0.0795 e. The van der Waals surface area contributed by atoms with E-state index in [2.05, 4.69) is 48.5 Å². The molecule has 2 aliphatic carbocycles. The summed E-state index contributed by atoms with van der Waals surface area (Å²) >= 11 is 6.71. The summed E-state index contributed by atoms with van der Waals surface area (Å²) in [5, 5.41) is 10.3. The van der Waals surface area contributed by atoms with E-state index in [4.69, 9.17) is 11.6 Å². The lowest BCUT2D eigenvalue weighted by molar-refractivity contribution is 0.180. The summed E-state index contributed by atoms with van der Waals surface area (Å²) in [5.41, 5.74) is 5.37. The third-order valence-electron chi connectivity index (χ3n) is 6.22. The van der Waals surface area contributed by atoms with E-state index in [9.17, 15) is 5.11 Å². The predicted octanol–water partition coefficient (Wildman–Crippen LogP) is 5.79. The highest BCUT2D eigenvalue weighted by Crippen LogP contribution is 2.46. The summed E-state index contributed by atoms with van der Waals surface area (Å²) < 4.78 is 0. The van der Waals surface area contributed by atoms with Gasteiger partial charge in [-0.1, -0.05) is 48.5 Å². The van der Waals surface area contributed by atoms with Crippen LogP contribution in [0.3, 0.4) is 0 Å². The molecule has 0 radical (unpaired) electrons. The summed E-state index contributed by atoms with van der Waals surface area (Å²) in [6.45, 7) is 0. The van der Waals surface area contributed by atoms with Crippen LogP contribution < -0.4 is 0 Å². The highest BCUT2D eigenvalue weighted by atomic mass is 35.5. The van der Waals surface area contributed by atoms with Gasteiger partial charge in [-0.15, -0.1) is 11.6 Å². The molecule has 0 spiro atoms. The molecular formula is C23H27ClO. The minimum atomic E-state index is -0.255. The topological polar surface area (TPSA) is 20.2 Å². The molecule has 0 aromatic heterocycles. The number of fused-ring (bicyclic) bond motifs is 1. The summed E-state index contributed by atoms with van der Waals surface area (Å²) in [6, 6.07) is 17.5. The Morgan fingerprint density at radius 2 is 1.84 bits per heavy atom. The average Bonchev–Trinajstić information content (AvgIpc) is 3.19. The minimum Gasteiger partial charge on any atom is -0.388 e. The summed E-state index contributed by atoms with van der Waals surface area (Å²) in [4.78, 5) is 0. The van der Waals surface area contributed by atoms with E-state index in [1.807, 2.05) is 0 Å². The first kappa shape index (κ1) is 17.1. The van der Waals surface area contributed by atoms with Gasteiger partial charge in [0.25, 0.3) is 0 Å². The van der Waals surface area contributed by atoms with Crippen LogP contribution in [0.25, 0.3) is 0 Å². The van der Waals surface area contributed by atoms with Gasteiger partial charge >= 0.3 is 0 Å². The molecule has 0 bridgehead atoms. The van der Waals surface area contributed by atoms with Gasteiger partial charge in [0.15, 0.2) is 0 Å². The largest absolute Gasteiger partial charge is 0.388 e. The van der Waals surface area contributed by atoms with Crippen LogP contribution in [0.2, 0.25) is 0 Å². The lowest BCUT2D eigenvalue weighted by Crippen LogP contribution is -2.14. The zero-order valence-corrected chi connectivity index (χ0v) is 15.5. The lowest BCUT2D eigenvalue weighted by atomic mass is 9.84. The molecule has 1 saturated carbocycles. The Morgan fingerprint density at radius 3 is 2.68 bits per heavy atom. The molecular weight excluding hydrogens is 328 g/mol. The van der Waals surface area contributed by atoms with Crippen molar-refractivity contribution in [2.24, 2.45) is 5.92 Å². The molecule has 1 nitrogen and oxygen atoms in total. The van der Waals surface area contributed by atoms with Gasteiger partial charge in [-0.05, 0) is 79.0 Å². The van der Waals surface area contributed by atoms with Gasteiger partial charge in [-0.3, -0.25) is 0 Å². The minimum absolute atomic E-state index is 0.255. The van der Waals surface area contributed by atoms with Crippen LogP contribution in [0.1, 0.15) is 66.4 Å². The molecule has 2 heteroatoms. The third kappa shape index (κ3) is 3.64. The Bertz CT molecular complexity index is 711. The van der Waals surface area contributed by atoms with Crippen LogP contribution in [0.4, 0.5) is 0 Å². The first-order valence-corrected chi connectivity index (χ1v) is 10.1. The highest BCUT2D eigenvalue weighted by molar-refractivity contribution is 6.21. The highest BCUT2D eigenvalue weighted by Gasteiger charge is 2.36. The second-order valence-electron chi connectivity index (χ2n) is 7.75. The number of rotatable bonds is 5. The van der Waals surface area contributed by atoms with Gasteiger partial charge in [0, 0.05) is 5.38 Å². The van der Waals surface area contributed by atoms with E-state index in [0.29, 0.717) is 17.2 Å². The first-order chi connectivity index (χ1) is 12.2. The second kappa shape index (κ2) is 7.51. The maximum absolute atomic E-state index is 10.0. The fourth-order valence-electron chi connectivity index (χ4n) is 4.85. The van der Waals surface area contributed by atoms with Gasteiger partial charge in [0.1, 0.15) is 0 Å². The molecule has 2 aromatic carbocycles. The fraction of sp³-hybridized carbons (Fsp3) is 0.478. The van der Waals surface area contributed by atoms with Crippen LogP contribution in [-0.4, -0.2) is 10.5 Å².